The Kier molecular flexibility index (Phi) is 3.62. The minimum atomic E-state index is 0.501. The summed E-state index contributed by atoms with van der Waals surface area (Å²) in [6, 6.07) is 15.5. The molecule has 3 rings (SSSR count). The molecule has 0 aliphatic rings. The first-order valence-corrected chi connectivity index (χ1v) is 7.13. The van der Waals surface area contributed by atoms with Gasteiger partial charge in [-0.15, -0.1) is 5.10 Å². The van der Waals surface area contributed by atoms with Gasteiger partial charge in [0.25, 0.3) is 0 Å². The van der Waals surface area contributed by atoms with Crippen LogP contribution >= 0.6 is 11.6 Å². The SMILES string of the molecule is CCc1ccc(-c2nnn(-c3cccc(Cl)c3)c2N)cc1. The molecule has 4 nitrogen and oxygen atoms in total. The Balaban J connectivity index is 2.02. The molecule has 2 N–H and O–H groups in total. The van der Waals surface area contributed by atoms with Crippen molar-refractivity contribution in [3.8, 4) is 16.9 Å². The number of halogens is 1. The average molecular weight is 299 g/mol. The smallest absolute Gasteiger partial charge is 0.155 e. The quantitative estimate of drug-likeness (QED) is 0.801. The second-order valence-corrected chi connectivity index (χ2v) is 5.20. The van der Waals surface area contributed by atoms with Crippen LogP contribution in [0.1, 0.15) is 12.5 Å². The van der Waals surface area contributed by atoms with Gasteiger partial charge in [-0.25, -0.2) is 0 Å². The van der Waals surface area contributed by atoms with Crippen molar-refractivity contribution in [1.29, 1.82) is 0 Å². The number of hydrogen-bond acceptors (Lipinski definition) is 3. The molecule has 1 aromatic heterocycles. The molecule has 0 saturated carbocycles. The molecular weight excluding hydrogens is 284 g/mol. The number of aryl methyl sites for hydroxylation is 1. The van der Waals surface area contributed by atoms with Gasteiger partial charge in [0.15, 0.2) is 5.82 Å². The Hall–Kier alpha value is -2.33. The molecule has 1 heterocycles. The third-order valence-corrected chi connectivity index (χ3v) is 3.63. The molecule has 106 valence electrons. The molecule has 3 aromatic rings. The standard InChI is InChI=1S/C16H15ClN4/c1-2-11-6-8-12(9-7-11)15-16(18)21(20-19-15)14-5-3-4-13(17)10-14/h3-10H,2,18H2,1H3. The molecule has 2 aromatic carbocycles. The van der Waals surface area contributed by atoms with Crippen molar-refractivity contribution in [2.45, 2.75) is 13.3 Å². The van der Waals surface area contributed by atoms with E-state index in [4.69, 9.17) is 17.3 Å². The number of aromatic nitrogens is 3. The van der Waals surface area contributed by atoms with Crippen molar-refractivity contribution in [3.05, 3.63) is 59.1 Å². The zero-order valence-corrected chi connectivity index (χ0v) is 12.4. The molecule has 0 spiro atoms. The molecule has 5 heteroatoms. The maximum absolute atomic E-state index is 6.18. The predicted octanol–water partition coefficient (Wildman–Crippen LogP) is 3.73. The third-order valence-electron chi connectivity index (χ3n) is 3.39. The fraction of sp³-hybridized carbons (Fsp3) is 0.125. The fourth-order valence-electron chi connectivity index (χ4n) is 2.19. The number of rotatable bonds is 3. The summed E-state index contributed by atoms with van der Waals surface area (Å²) in [5.74, 6) is 0.501. The summed E-state index contributed by atoms with van der Waals surface area (Å²) < 4.78 is 1.59. The topological polar surface area (TPSA) is 56.7 Å². The molecule has 0 aliphatic heterocycles. The van der Waals surface area contributed by atoms with E-state index in [2.05, 4.69) is 29.4 Å². The Morgan fingerprint density at radius 2 is 1.90 bits per heavy atom. The van der Waals surface area contributed by atoms with Gasteiger partial charge in [-0.3, -0.25) is 0 Å². The number of nitrogens with zero attached hydrogens (tertiary/aromatic N) is 3. The summed E-state index contributed by atoms with van der Waals surface area (Å²) in [6.45, 7) is 2.12. The average Bonchev–Trinajstić information content (AvgIpc) is 2.89. The Bertz CT molecular complexity index is 762. The van der Waals surface area contributed by atoms with Crippen LogP contribution < -0.4 is 5.73 Å². The summed E-state index contributed by atoms with van der Waals surface area (Å²) >= 11 is 6.00. The zero-order valence-electron chi connectivity index (χ0n) is 11.6. The van der Waals surface area contributed by atoms with Crippen LogP contribution in [-0.4, -0.2) is 15.0 Å². The highest BCUT2D eigenvalue weighted by Crippen LogP contribution is 2.26. The Morgan fingerprint density at radius 3 is 2.57 bits per heavy atom. The first-order valence-electron chi connectivity index (χ1n) is 6.75. The van der Waals surface area contributed by atoms with Crippen molar-refractivity contribution >= 4 is 17.4 Å². The van der Waals surface area contributed by atoms with E-state index in [-0.39, 0.29) is 0 Å². The molecule has 21 heavy (non-hydrogen) atoms. The van der Waals surface area contributed by atoms with E-state index < -0.39 is 0 Å². The zero-order chi connectivity index (χ0) is 14.8. The lowest BCUT2D eigenvalue weighted by Crippen LogP contribution is -2.02. The molecule has 0 bridgehead atoms. The predicted molar refractivity (Wildman–Crippen MR) is 85.6 cm³/mol. The summed E-state index contributed by atoms with van der Waals surface area (Å²) in [4.78, 5) is 0. The normalized spacial score (nSPS) is 10.8. The van der Waals surface area contributed by atoms with Gasteiger partial charge in [0, 0.05) is 10.6 Å². The van der Waals surface area contributed by atoms with E-state index in [1.165, 1.54) is 5.56 Å². The minimum absolute atomic E-state index is 0.501. The van der Waals surface area contributed by atoms with Gasteiger partial charge < -0.3 is 5.73 Å². The Labute approximate surface area is 128 Å². The van der Waals surface area contributed by atoms with Crippen LogP contribution in [0, 0.1) is 0 Å². The molecule has 0 saturated heterocycles. The Morgan fingerprint density at radius 1 is 1.14 bits per heavy atom. The van der Waals surface area contributed by atoms with E-state index in [1.807, 2.05) is 30.3 Å². The maximum Gasteiger partial charge on any atom is 0.155 e. The number of benzene rings is 2. The second kappa shape index (κ2) is 5.58. The first kappa shape index (κ1) is 13.6. The van der Waals surface area contributed by atoms with Crippen molar-refractivity contribution < 1.29 is 0 Å². The highest BCUT2D eigenvalue weighted by Gasteiger charge is 2.13. The first-order chi connectivity index (χ1) is 10.2. The summed E-state index contributed by atoms with van der Waals surface area (Å²) in [6.07, 6.45) is 1.00. The third kappa shape index (κ3) is 2.62. The van der Waals surface area contributed by atoms with Crippen LogP contribution in [0.25, 0.3) is 16.9 Å². The molecular formula is C16H15ClN4. The second-order valence-electron chi connectivity index (χ2n) is 4.77. The number of hydrogen-bond donors (Lipinski definition) is 1. The van der Waals surface area contributed by atoms with Crippen molar-refractivity contribution in [2.24, 2.45) is 0 Å². The molecule has 0 radical (unpaired) electrons. The van der Waals surface area contributed by atoms with Gasteiger partial charge in [0.05, 0.1) is 5.69 Å². The van der Waals surface area contributed by atoms with E-state index in [0.717, 1.165) is 17.7 Å². The largest absolute Gasteiger partial charge is 0.382 e. The van der Waals surface area contributed by atoms with Gasteiger partial charge in [0.2, 0.25) is 0 Å². The van der Waals surface area contributed by atoms with Gasteiger partial charge in [-0.05, 0) is 30.2 Å². The van der Waals surface area contributed by atoms with E-state index >= 15 is 0 Å². The van der Waals surface area contributed by atoms with Crippen LogP contribution in [0.3, 0.4) is 0 Å². The number of anilines is 1. The van der Waals surface area contributed by atoms with Crippen LogP contribution in [0.2, 0.25) is 5.02 Å². The van der Waals surface area contributed by atoms with Crippen LogP contribution in [0.4, 0.5) is 5.82 Å². The summed E-state index contributed by atoms with van der Waals surface area (Å²) in [7, 11) is 0. The van der Waals surface area contributed by atoms with Crippen LogP contribution in [0.15, 0.2) is 48.5 Å². The molecule has 0 atom stereocenters. The van der Waals surface area contributed by atoms with Crippen molar-refractivity contribution in [3.63, 3.8) is 0 Å². The molecule has 0 fully saturated rings. The summed E-state index contributed by atoms with van der Waals surface area (Å²) in [5.41, 5.74) is 9.89. The van der Waals surface area contributed by atoms with Crippen LogP contribution in [0.5, 0.6) is 0 Å². The lowest BCUT2D eigenvalue weighted by Gasteiger charge is -2.04. The van der Waals surface area contributed by atoms with Gasteiger partial charge in [-0.1, -0.05) is 54.1 Å². The lowest BCUT2D eigenvalue weighted by molar-refractivity contribution is 0.810. The highest BCUT2D eigenvalue weighted by atomic mass is 35.5. The lowest BCUT2D eigenvalue weighted by atomic mass is 10.1. The van der Waals surface area contributed by atoms with E-state index in [9.17, 15) is 0 Å². The number of nitrogens with two attached hydrogens (primary N) is 1. The van der Waals surface area contributed by atoms with Gasteiger partial charge >= 0.3 is 0 Å². The molecule has 0 amide bonds. The maximum atomic E-state index is 6.18. The van der Waals surface area contributed by atoms with Gasteiger partial charge in [0.1, 0.15) is 5.69 Å². The van der Waals surface area contributed by atoms with E-state index in [0.29, 0.717) is 16.5 Å². The number of nitrogen functional groups attached to an aromatic ring is 1. The van der Waals surface area contributed by atoms with Crippen LogP contribution in [-0.2, 0) is 6.42 Å². The fourth-order valence-corrected chi connectivity index (χ4v) is 2.38. The van der Waals surface area contributed by atoms with E-state index in [1.54, 1.807) is 10.7 Å². The van der Waals surface area contributed by atoms with Crippen molar-refractivity contribution in [2.75, 3.05) is 5.73 Å². The monoisotopic (exact) mass is 298 g/mol. The molecule has 0 unspecified atom stereocenters. The van der Waals surface area contributed by atoms with Gasteiger partial charge in [-0.2, -0.15) is 4.68 Å². The molecule has 0 aliphatic carbocycles. The highest BCUT2D eigenvalue weighted by molar-refractivity contribution is 6.30. The minimum Gasteiger partial charge on any atom is -0.382 e. The summed E-state index contributed by atoms with van der Waals surface area (Å²) in [5, 5.41) is 8.96. The van der Waals surface area contributed by atoms with Crippen molar-refractivity contribution in [1.82, 2.24) is 15.0 Å².